The lowest BCUT2D eigenvalue weighted by atomic mass is 9.87. The molecule has 9 nitrogen and oxygen atoms in total. The minimum Gasteiger partial charge on any atom is -0.381 e. The van der Waals surface area contributed by atoms with E-state index in [0.29, 0.717) is 18.5 Å². The van der Waals surface area contributed by atoms with E-state index >= 15 is 0 Å². The van der Waals surface area contributed by atoms with Crippen molar-refractivity contribution in [1.82, 2.24) is 20.0 Å². The van der Waals surface area contributed by atoms with Crippen LogP contribution in [0.25, 0.3) is 0 Å². The zero-order valence-corrected chi connectivity index (χ0v) is 13.3. The molecule has 126 valence electrons. The summed E-state index contributed by atoms with van der Waals surface area (Å²) in [5.41, 5.74) is 0.303. The Bertz CT molecular complexity index is 593. The van der Waals surface area contributed by atoms with E-state index in [1.807, 2.05) is 0 Å². The van der Waals surface area contributed by atoms with Crippen LogP contribution in [0.1, 0.15) is 12.8 Å². The average molecular weight is 322 g/mol. The molecule has 1 N–H and O–H groups in total. The van der Waals surface area contributed by atoms with Crippen molar-refractivity contribution in [2.24, 2.45) is 10.4 Å². The van der Waals surface area contributed by atoms with Gasteiger partial charge in [0.05, 0.1) is 18.1 Å². The van der Waals surface area contributed by atoms with Crippen molar-refractivity contribution in [2.75, 3.05) is 39.9 Å². The van der Waals surface area contributed by atoms with Crippen LogP contribution in [0, 0.1) is 15.5 Å². The zero-order valence-electron chi connectivity index (χ0n) is 13.3. The normalized spacial score (nSPS) is 24.6. The van der Waals surface area contributed by atoms with E-state index in [4.69, 9.17) is 4.74 Å². The van der Waals surface area contributed by atoms with Crippen LogP contribution < -0.4 is 5.32 Å². The van der Waals surface area contributed by atoms with Crippen LogP contribution in [0.3, 0.4) is 0 Å². The van der Waals surface area contributed by atoms with Crippen LogP contribution in [0.5, 0.6) is 0 Å². The summed E-state index contributed by atoms with van der Waals surface area (Å²) in [4.78, 5) is 16.8. The van der Waals surface area contributed by atoms with Gasteiger partial charge in [-0.1, -0.05) is 0 Å². The second-order valence-corrected chi connectivity index (χ2v) is 6.17. The topological polar surface area (TPSA) is 97.8 Å². The fourth-order valence-electron chi connectivity index (χ4n) is 3.27. The molecule has 1 aromatic heterocycles. The standard InChI is InChI=1S/C14H22N6O3/c1-15-13(18-5-2-14(10-18)3-7-23-11-14)16-4-6-19-9-12(8-17-19)20(21)22/h8-9H,2-7,10-11H2,1H3,(H,15,16). The molecule has 3 heterocycles. The Balaban J connectivity index is 1.49. The number of nitro groups is 1. The van der Waals surface area contributed by atoms with Crippen LogP contribution in [0.15, 0.2) is 17.4 Å². The molecular weight excluding hydrogens is 300 g/mol. The van der Waals surface area contributed by atoms with Gasteiger partial charge in [0.15, 0.2) is 5.96 Å². The molecule has 1 aromatic rings. The van der Waals surface area contributed by atoms with Gasteiger partial charge in [0.1, 0.15) is 12.4 Å². The van der Waals surface area contributed by atoms with Crippen LogP contribution in [-0.4, -0.2) is 65.5 Å². The van der Waals surface area contributed by atoms with Crippen molar-refractivity contribution in [3.63, 3.8) is 0 Å². The number of aliphatic imine (C=N–C) groups is 1. The summed E-state index contributed by atoms with van der Waals surface area (Å²) in [7, 11) is 1.78. The SMILES string of the molecule is CN=C(NCCn1cc([N+](=O)[O-])cn1)N1CCC2(CCOC2)C1. The van der Waals surface area contributed by atoms with Gasteiger partial charge in [-0.05, 0) is 12.8 Å². The summed E-state index contributed by atoms with van der Waals surface area (Å²) in [6.07, 6.45) is 4.96. The van der Waals surface area contributed by atoms with E-state index in [1.54, 1.807) is 11.7 Å². The Morgan fingerprint density at radius 2 is 2.48 bits per heavy atom. The van der Waals surface area contributed by atoms with Crippen molar-refractivity contribution < 1.29 is 9.66 Å². The van der Waals surface area contributed by atoms with E-state index in [2.05, 4.69) is 20.3 Å². The number of hydrogen-bond donors (Lipinski definition) is 1. The highest BCUT2D eigenvalue weighted by Crippen LogP contribution is 2.38. The minimum atomic E-state index is -0.441. The number of nitrogens with zero attached hydrogens (tertiary/aromatic N) is 5. The molecule has 2 saturated heterocycles. The molecule has 0 aromatic carbocycles. The van der Waals surface area contributed by atoms with Crippen LogP contribution in [0.2, 0.25) is 0 Å². The third-order valence-electron chi connectivity index (χ3n) is 4.59. The highest BCUT2D eigenvalue weighted by atomic mass is 16.6. The van der Waals surface area contributed by atoms with Gasteiger partial charge in [0, 0.05) is 38.7 Å². The maximum atomic E-state index is 10.6. The molecule has 1 spiro atoms. The lowest BCUT2D eigenvalue weighted by Gasteiger charge is -2.24. The van der Waals surface area contributed by atoms with E-state index in [-0.39, 0.29) is 5.69 Å². The Morgan fingerprint density at radius 1 is 1.61 bits per heavy atom. The van der Waals surface area contributed by atoms with E-state index in [9.17, 15) is 10.1 Å². The fourth-order valence-corrected chi connectivity index (χ4v) is 3.27. The number of likely N-dealkylation sites (tertiary alicyclic amines) is 1. The lowest BCUT2D eigenvalue weighted by molar-refractivity contribution is -0.385. The molecule has 0 radical (unpaired) electrons. The monoisotopic (exact) mass is 322 g/mol. The largest absolute Gasteiger partial charge is 0.381 e. The second-order valence-electron chi connectivity index (χ2n) is 6.17. The summed E-state index contributed by atoms with van der Waals surface area (Å²) in [6.45, 7) is 4.83. The first-order valence-electron chi connectivity index (χ1n) is 7.82. The first kappa shape index (κ1) is 15.7. The number of nitrogens with one attached hydrogen (secondary N) is 1. The third-order valence-corrected chi connectivity index (χ3v) is 4.59. The zero-order chi connectivity index (χ0) is 16.3. The summed E-state index contributed by atoms with van der Waals surface area (Å²) >= 11 is 0. The van der Waals surface area contributed by atoms with Gasteiger partial charge < -0.3 is 15.0 Å². The summed E-state index contributed by atoms with van der Waals surface area (Å²) in [6, 6.07) is 0. The van der Waals surface area contributed by atoms with Gasteiger partial charge in [0.25, 0.3) is 0 Å². The molecule has 2 aliphatic heterocycles. The van der Waals surface area contributed by atoms with E-state index in [0.717, 1.165) is 45.1 Å². The van der Waals surface area contributed by atoms with Crippen LogP contribution in [0.4, 0.5) is 5.69 Å². The molecule has 1 atom stereocenters. The molecule has 0 bridgehead atoms. The molecule has 0 saturated carbocycles. The summed E-state index contributed by atoms with van der Waals surface area (Å²) in [5.74, 6) is 0.871. The molecule has 0 aliphatic carbocycles. The minimum absolute atomic E-state index is 0.0112. The Morgan fingerprint density at radius 3 is 3.13 bits per heavy atom. The van der Waals surface area contributed by atoms with E-state index in [1.165, 1.54) is 12.4 Å². The van der Waals surface area contributed by atoms with Gasteiger partial charge >= 0.3 is 5.69 Å². The predicted molar refractivity (Wildman–Crippen MR) is 84.3 cm³/mol. The molecular formula is C14H22N6O3. The lowest BCUT2D eigenvalue weighted by Crippen LogP contribution is -2.42. The molecule has 23 heavy (non-hydrogen) atoms. The van der Waals surface area contributed by atoms with Crippen LogP contribution >= 0.6 is 0 Å². The smallest absolute Gasteiger partial charge is 0.306 e. The molecule has 9 heteroatoms. The number of hydrogen-bond acceptors (Lipinski definition) is 5. The first-order chi connectivity index (χ1) is 11.1. The molecule has 3 rings (SSSR count). The Hall–Kier alpha value is -2.16. The van der Waals surface area contributed by atoms with Crippen molar-refractivity contribution in [1.29, 1.82) is 0 Å². The Kier molecular flexibility index (Phi) is 4.46. The highest BCUT2D eigenvalue weighted by molar-refractivity contribution is 5.80. The van der Waals surface area contributed by atoms with Gasteiger partial charge in [-0.15, -0.1) is 0 Å². The number of aromatic nitrogens is 2. The third kappa shape index (κ3) is 3.44. The predicted octanol–water partition coefficient (Wildman–Crippen LogP) is 0.479. The maximum Gasteiger partial charge on any atom is 0.306 e. The number of ether oxygens (including phenoxy) is 1. The van der Waals surface area contributed by atoms with Crippen molar-refractivity contribution >= 4 is 11.6 Å². The first-order valence-corrected chi connectivity index (χ1v) is 7.82. The van der Waals surface area contributed by atoms with Gasteiger partial charge in [-0.2, -0.15) is 5.10 Å². The number of rotatable bonds is 4. The quantitative estimate of drug-likeness (QED) is 0.375. The second kappa shape index (κ2) is 6.53. The van der Waals surface area contributed by atoms with Crippen LogP contribution in [-0.2, 0) is 11.3 Å². The van der Waals surface area contributed by atoms with Crippen molar-refractivity contribution in [3.05, 3.63) is 22.5 Å². The molecule has 2 fully saturated rings. The number of guanidine groups is 1. The van der Waals surface area contributed by atoms with Crippen molar-refractivity contribution in [2.45, 2.75) is 19.4 Å². The Labute approximate surface area is 134 Å². The summed E-state index contributed by atoms with van der Waals surface area (Å²) < 4.78 is 7.12. The van der Waals surface area contributed by atoms with Gasteiger partial charge in [-0.25, -0.2) is 0 Å². The van der Waals surface area contributed by atoms with Gasteiger partial charge in [-0.3, -0.25) is 19.8 Å². The molecule has 1 unspecified atom stereocenters. The fraction of sp³-hybridized carbons (Fsp3) is 0.714. The average Bonchev–Trinajstić information content (AvgIpc) is 3.26. The molecule has 0 amide bonds. The van der Waals surface area contributed by atoms with Crippen molar-refractivity contribution in [3.8, 4) is 0 Å². The summed E-state index contributed by atoms with van der Waals surface area (Å²) in [5, 5.41) is 17.9. The van der Waals surface area contributed by atoms with Gasteiger partial charge in [0.2, 0.25) is 0 Å². The van der Waals surface area contributed by atoms with E-state index < -0.39 is 4.92 Å². The maximum absolute atomic E-state index is 10.6. The highest BCUT2D eigenvalue weighted by Gasteiger charge is 2.42. The molecule has 2 aliphatic rings.